The van der Waals surface area contributed by atoms with E-state index < -0.39 is 0 Å². The summed E-state index contributed by atoms with van der Waals surface area (Å²) in [6.07, 6.45) is 4.48. The summed E-state index contributed by atoms with van der Waals surface area (Å²) in [6, 6.07) is 3.38. The number of hydrogen-bond donors (Lipinski definition) is 1. The topological polar surface area (TPSA) is 52.3 Å². The second kappa shape index (κ2) is 8.67. The molecule has 0 fully saturated rings. The van der Waals surface area contributed by atoms with Crippen molar-refractivity contribution >= 4 is 43.5 Å². The zero-order valence-electron chi connectivity index (χ0n) is 11.9. The van der Waals surface area contributed by atoms with Crippen LogP contribution in [-0.4, -0.2) is 12.6 Å². The molecule has 3 nitrogen and oxygen atoms in total. The van der Waals surface area contributed by atoms with Crippen molar-refractivity contribution in [1.82, 2.24) is 0 Å². The molecule has 0 aliphatic carbocycles. The molecule has 2 N–H and O–H groups in total. The highest BCUT2D eigenvalue weighted by Gasteiger charge is 2.14. The molecule has 5 heteroatoms. The maximum Gasteiger partial charge on any atom is 0.338 e. The standard InChI is InChI=1S/C15H21Br2NO2/c1-3-5-6-10(4-2)9-20-15(19)11-7-12(16)14(18)13(17)8-11/h7-8,10H,3-6,9,18H2,1-2H3. The third kappa shape index (κ3) is 5.09. The number of carbonyl (C=O) groups is 1. The molecule has 0 saturated heterocycles. The smallest absolute Gasteiger partial charge is 0.338 e. The van der Waals surface area contributed by atoms with Crippen molar-refractivity contribution in [1.29, 1.82) is 0 Å². The van der Waals surface area contributed by atoms with Crippen LogP contribution >= 0.6 is 31.9 Å². The molecule has 0 heterocycles. The Morgan fingerprint density at radius 1 is 1.30 bits per heavy atom. The number of rotatable bonds is 7. The molecule has 0 bridgehead atoms. The lowest BCUT2D eigenvalue weighted by molar-refractivity contribution is 0.0428. The second-order valence-electron chi connectivity index (χ2n) is 4.87. The predicted octanol–water partition coefficient (Wildman–Crippen LogP) is 5.17. The van der Waals surface area contributed by atoms with Crippen LogP contribution in [0.25, 0.3) is 0 Å². The molecule has 1 atom stereocenters. The van der Waals surface area contributed by atoms with Gasteiger partial charge in [0.2, 0.25) is 0 Å². The summed E-state index contributed by atoms with van der Waals surface area (Å²) in [7, 11) is 0. The fourth-order valence-corrected chi connectivity index (χ4v) is 3.06. The monoisotopic (exact) mass is 405 g/mol. The van der Waals surface area contributed by atoms with Gasteiger partial charge in [0.25, 0.3) is 0 Å². The van der Waals surface area contributed by atoms with Crippen LogP contribution in [0.1, 0.15) is 49.9 Å². The normalized spacial score (nSPS) is 12.2. The van der Waals surface area contributed by atoms with Crippen LogP contribution in [0.4, 0.5) is 5.69 Å². The van der Waals surface area contributed by atoms with Gasteiger partial charge < -0.3 is 10.5 Å². The molecule has 1 aromatic carbocycles. The van der Waals surface area contributed by atoms with Crippen LogP contribution in [0, 0.1) is 5.92 Å². The van der Waals surface area contributed by atoms with E-state index in [1.165, 1.54) is 12.8 Å². The first kappa shape index (κ1) is 17.5. The number of esters is 1. The van der Waals surface area contributed by atoms with E-state index in [9.17, 15) is 4.79 Å². The fourth-order valence-electron chi connectivity index (χ4n) is 1.88. The Hall–Kier alpha value is -0.550. The van der Waals surface area contributed by atoms with E-state index in [1.54, 1.807) is 12.1 Å². The summed E-state index contributed by atoms with van der Waals surface area (Å²) in [5.41, 5.74) is 6.89. The molecule has 0 spiro atoms. The highest BCUT2D eigenvalue weighted by Crippen LogP contribution is 2.30. The summed E-state index contributed by atoms with van der Waals surface area (Å²) >= 11 is 6.66. The average molecular weight is 407 g/mol. The Morgan fingerprint density at radius 3 is 2.40 bits per heavy atom. The van der Waals surface area contributed by atoms with Gasteiger partial charge in [-0.2, -0.15) is 0 Å². The number of nitrogen functional groups attached to an aromatic ring is 1. The van der Waals surface area contributed by atoms with Crippen LogP contribution in [0.2, 0.25) is 0 Å². The molecule has 20 heavy (non-hydrogen) atoms. The van der Waals surface area contributed by atoms with Gasteiger partial charge in [0.05, 0.1) is 17.9 Å². The minimum absolute atomic E-state index is 0.304. The summed E-state index contributed by atoms with van der Waals surface area (Å²) in [5.74, 6) is 0.140. The van der Waals surface area contributed by atoms with Crippen molar-refractivity contribution in [3.63, 3.8) is 0 Å². The third-order valence-electron chi connectivity index (χ3n) is 3.31. The molecule has 0 radical (unpaired) electrons. The first-order chi connectivity index (χ1) is 9.49. The maximum absolute atomic E-state index is 12.0. The van der Waals surface area contributed by atoms with E-state index in [2.05, 4.69) is 45.7 Å². The molecular formula is C15H21Br2NO2. The zero-order valence-corrected chi connectivity index (χ0v) is 15.1. The van der Waals surface area contributed by atoms with Crippen molar-refractivity contribution in [3.05, 3.63) is 26.6 Å². The van der Waals surface area contributed by atoms with Gasteiger partial charge in [0.1, 0.15) is 0 Å². The van der Waals surface area contributed by atoms with Crippen molar-refractivity contribution in [2.24, 2.45) is 5.92 Å². The Morgan fingerprint density at radius 2 is 1.90 bits per heavy atom. The van der Waals surface area contributed by atoms with Gasteiger partial charge in [0, 0.05) is 8.95 Å². The van der Waals surface area contributed by atoms with E-state index in [-0.39, 0.29) is 5.97 Å². The van der Waals surface area contributed by atoms with Gasteiger partial charge in [-0.1, -0.05) is 33.1 Å². The highest BCUT2D eigenvalue weighted by atomic mass is 79.9. The molecule has 1 rings (SSSR count). The Kier molecular flexibility index (Phi) is 7.59. The lowest BCUT2D eigenvalue weighted by atomic mass is 10.0. The van der Waals surface area contributed by atoms with Crippen molar-refractivity contribution < 1.29 is 9.53 Å². The third-order valence-corrected chi connectivity index (χ3v) is 4.62. The summed E-state index contributed by atoms with van der Waals surface area (Å²) < 4.78 is 6.79. The molecule has 0 aliphatic heterocycles. The molecular weight excluding hydrogens is 386 g/mol. The first-order valence-electron chi connectivity index (χ1n) is 6.91. The Labute approximate surface area is 137 Å². The van der Waals surface area contributed by atoms with Crippen LogP contribution in [0.15, 0.2) is 21.1 Å². The number of anilines is 1. The van der Waals surface area contributed by atoms with Gasteiger partial charge in [-0.05, 0) is 56.3 Å². The van der Waals surface area contributed by atoms with Gasteiger partial charge in [-0.25, -0.2) is 4.79 Å². The van der Waals surface area contributed by atoms with Crippen LogP contribution in [-0.2, 0) is 4.74 Å². The first-order valence-corrected chi connectivity index (χ1v) is 8.49. The van der Waals surface area contributed by atoms with E-state index in [0.717, 1.165) is 12.8 Å². The lowest BCUT2D eigenvalue weighted by Crippen LogP contribution is -2.14. The van der Waals surface area contributed by atoms with E-state index in [1.807, 2.05) is 0 Å². The molecule has 1 unspecified atom stereocenters. The number of ether oxygens (including phenoxy) is 1. The zero-order chi connectivity index (χ0) is 15.1. The number of unbranched alkanes of at least 4 members (excludes halogenated alkanes) is 1. The molecule has 112 valence electrons. The SMILES string of the molecule is CCCCC(CC)COC(=O)c1cc(Br)c(N)c(Br)c1. The lowest BCUT2D eigenvalue weighted by Gasteiger charge is -2.15. The largest absolute Gasteiger partial charge is 0.462 e. The summed E-state index contributed by atoms with van der Waals surface area (Å²) in [6.45, 7) is 4.78. The summed E-state index contributed by atoms with van der Waals surface area (Å²) in [5, 5.41) is 0. The number of hydrogen-bond acceptors (Lipinski definition) is 3. The van der Waals surface area contributed by atoms with Gasteiger partial charge >= 0.3 is 5.97 Å². The molecule has 1 aromatic rings. The quantitative estimate of drug-likeness (QED) is 0.502. The summed E-state index contributed by atoms with van der Waals surface area (Å²) in [4.78, 5) is 12.0. The fraction of sp³-hybridized carbons (Fsp3) is 0.533. The average Bonchev–Trinajstić information content (AvgIpc) is 2.44. The van der Waals surface area contributed by atoms with Crippen molar-refractivity contribution in [2.75, 3.05) is 12.3 Å². The van der Waals surface area contributed by atoms with E-state index in [0.29, 0.717) is 32.7 Å². The van der Waals surface area contributed by atoms with Crippen LogP contribution in [0.3, 0.4) is 0 Å². The predicted molar refractivity (Wildman–Crippen MR) is 89.8 cm³/mol. The van der Waals surface area contributed by atoms with Crippen molar-refractivity contribution in [3.8, 4) is 0 Å². The minimum atomic E-state index is -0.304. The number of carbonyl (C=O) groups excluding carboxylic acids is 1. The van der Waals surface area contributed by atoms with Gasteiger partial charge in [0.15, 0.2) is 0 Å². The van der Waals surface area contributed by atoms with Gasteiger partial charge in [-0.15, -0.1) is 0 Å². The molecule has 0 amide bonds. The van der Waals surface area contributed by atoms with Crippen LogP contribution < -0.4 is 5.73 Å². The number of halogens is 2. The number of nitrogens with two attached hydrogens (primary N) is 1. The second-order valence-corrected chi connectivity index (χ2v) is 6.58. The van der Waals surface area contributed by atoms with Crippen LogP contribution in [0.5, 0.6) is 0 Å². The van der Waals surface area contributed by atoms with Gasteiger partial charge in [-0.3, -0.25) is 0 Å². The van der Waals surface area contributed by atoms with E-state index in [4.69, 9.17) is 10.5 Å². The Bertz CT molecular complexity index is 440. The van der Waals surface area contributed by atoms with Crippen molar-refractivity contribution in [2.45, 2.75) is 39.5 Å². The highest BCUT2D eigenvalue weighted by molar-refractivity contribution is 9.11. The molecule has 0 aromatic heterocycles. The minimum Gasteiger partial charge on any atom is -0.462 e. The molecule has 0 aliphatic rings. The Balaban J connectivity index is 2.62. The number of benzene rings is 1. The van der Waals surface area contributed by atoms with E-state index >= 15 is 0 Å². The maximum atomic E-state index is 12.0. The molecule has 0 saturated carbocycles.